The van der Waals surface area contributed by atoms with Crippen molar-refractivity contribution in [1.82, 2.24) is 9.55 Å². The van der Waals surface area contributed by atoms with Gasteiger partial charge < -0.3 is 9.30 Å². The van der Waals surface area contributed by atoms with E-state index >= 15 is 0 Å². The maximum absolute atomic E-state index is 13.2. The van der Waals surface area contributed by atoms with Gasteiger partial charge in [-0.05, 0) is 61.4 Å². The Hall–Kier alpha value is -3.79. The number of alkyl halides is 3. The van der Waals surface area contributed by atoms with Gasteiger partial charge in [0.05, 0.1) is 16.9 Å². The predicted octanol–water partition coefficient (Wildman–Crippen LogP) is 5.86. The van der Waals surface area contributed by atoms with Crippen LogP contribution in [-0.4, -0.2) is 24.3 Å². The van der Waals surface area contributed by atoms with Crippen molar-refractivity contribution in [2.24, 2.45) is 0 Å². The van der Waals surface area contributed by atoms with Gasteiger partial charge in [0.1, 0.15) is 5.75 Å². The fourth-order valence-electron chi connectivity index (χ4n) is 3.55. The maximum atomic E-state index is 13.2. The first-order valence-corrected chi connectivity index (χ1v) is 11.6. The van der Waals surface area contributed by atoms with Crippen LogP contribution in [0.3, 0.4) is 0 Å². The molecule has 0 unspecified atom stereocenters. The van der Waals surface area contributed by atoms with Gasteiger partial charge in [-0.1, -0.05) is 30.3 Å². The molecule has 0 amide bonds. The number of aryl methyl sites for hydroxylation is 2. The number of hydrogen-bond acceptors (Lipinski definition) is 4. The number of hydrogen-bond donors (Lipinski definition) is 1. The summed E-state index contributed by atoms with van der Waals surface area (Å²) < 4.78 is 72.1. The molecule has 0 aliphatic carbocycles. The lowest BCUT2D eigenvalue weighted by atomic mass is 10.1. The average Bonchev–Trinajstić information content (AvgIpc) is 3.19. The number of nitrogens with one attached hydrogen (secondary N) is 1. The summed E-state index contributed by atoms with van der Waals surface area (Å²) in [6.45, 7) is 3.74. The number of rotatable bonds is 6. The van der Waals surface area contributed by atoms with Crippen LogP contribution < -0.4 is 9.46 Å². The van der Waals surface area contributed by atoms with Crippen LogP contribution in [0.4, 0.5) is 18.9 Å². The number of nitrogens with zero attached hydrogens (tertiary/aromatic N) is 2. The third-order valence-corrected chi connectivity index (χ3v) is 6.45. The first-order valence-electron chi connectivity index (χ1n) is 10.1. The minimum Gasteiger partial charge on any atom is -0.406 e. The lowest BCUT2D eigenvalue weighted by Crippen LogP contribution is -2.17. The van der Waals surface area contributed by atoms with E-state index in [0.29, 0.717) is 16.8 Å². The van der Waals surface area contributed by atoms with Gasteiger partial charge in [0.15, 0.2) is 0 Å². The van der Waals surface area contributed by atoms with Crippen LogP contribution in [0.5, 0.6) is 5.75 Å². The number of halogens is 3. The molecular formula is C24H20F3N3O3S. The SMILES string of the molecule is Cc1cn(-c2ccc(NS(=O)(=O)c3ccccc3-c3ccc(OC(F)(F)F)cc3)cc2C)cn1. The van der Waals surface area contributed by atoms with Gasteiger partial charge >= 0.3 is 6.36 Å². The number of sulfonamides is 1. The van der Waals surface area contributed by atoms with E-state index in [1.54, 1.807) is 42.7 Å². The van der Waals surface area contributed by atoms with Gasteiger partial charge in [0.2, 0.25) is 0 Å². The monoisotopic (exact) mass is 487 g/mol. The summed E-state index contributed by atoms with van der Waals surface area (Å²) in [7, 11) is -4.00. The van der Waals surface area contributed by atoms with Crippen LogP contribution in [-0.2, 0) is 10.0 Å². The summed E-state index contributed by atoms with van der Waals surface area (Å²) in [5, 5.41) is 0. The molecule has 0 aliphatic heterocycles. The number of ether oxygens (including phenoxy) is 1. The molecule has 3 aromatic carbocycles. The standard InChI is InChI=1S/C24H20F3N3O3S/c1-16-13-19(9-12-22(16)30-14-17(2)28-15-30)29-34(31,32)23-6-4-3-5-21(23)18-7-10-20(11-8-18)33-24(25,26)27/h3-15,29H,1-2H3. The van der Waals surface area contributed by atoms with Crippen molar-refractivity contribution >= 4 is 15.7 Å². The lowest BCUT2D eigenvalue weighted by Gasteiger charge is -2.15. The van der Waals surface area contributed by atoms with Gasteiger partial charge in [0, 0.05) is 23.1 Å². The molecule has 34 heavy (non-hydrogen) atoms. The third kappa shape index (κ3) is 5.23. The lowest BCUT2D eigenvalue weighted by molar-refractivity contribution is -0.274. The van der Waals surface area contributed by atoms with E-state index in [1.807, 2.05) is 24.6 Å². The van der Waals surface area contributed by atoms with Crippen molar-refractivity contribution in [3.05, 3.63) is 90.5 Å². The second-order valence-electron chi connectivity index (χ2n) is 7.60. The Morgan fingerprint density at radius 2 is 1.68 bits per heavy atom. The summed E-state index contributed by atoms with van der Waals surface area (Å²) in [5.74, 6) is -0.390. The second-order valence-corrected chi connectivity index (χ2v) is 9.25. The highest BCUT2D eigenvalue weighted by Crippen LogP contribution is 2.31. The minimum atomic E-state index is -4.81. The largest absolute Gasteiger partial charge is 0.573 e. The van der Waals surface area contributed by atoms with Crippen LogP contribution in [0.2, 0.25) is 0 Å². The summed E-state index contributed by atoms with van der Waals surface area (Å²) in [6, 6.07) is 16.4. The molecule has 0 fully saturated rings. The van der Waals surface area contributed by atoms with Crippen molar-refractivity contribution in [2.45, 2.75) is 25.1 Å². The van der Waals surface area contributed by atoms with Crippen LogP contribution in [0.1, 0.15) is 11.3 Å². The van der Waals surface area contributed by atoms with E-state index < -0.39 is 22.1 Å². The number of anilines is 1. The van der Waals surface area contributed by atoms with Gasteiger partial charge in [-0.3, -0.25) is 4.72 Å². The summed E-state index contributed by atoms with van der Waals surface area (Å²) in [5.41, 5.74) is 3.71. The Kier molecular flexibility index (Phi) is 6.09. The number of aromatic nitrogens is 2. The zero-order valence-corrected chi connectivity index (χ0v) is 19.0. The van der Waals surface area contributed by atoms with Crippen molar-refractivity contribution < 1.29 is 26.3 Å². The topological polar surface area (TPSA) is 73.2 Å². The molecule has 1 heterocycles. The molecule has 0 saturated heterocycles. The smallest absolute Gasteiger partial charge is 0.406 e. The van der Waals surface area contributed by atoms with E-state index in [2.05, 4.69) is 14.4 Å². The highest BCUT2D eigenvalue weighted by atomic mass is 32.2. The average molecular weight is 488 g/mol. The minimum absolute atomic E-state index is 0.00791. The summed E-state index contributed by atoms with van der Waals surface area (Å²) in [6.07, 6.45) is -1.26. The van der Waals surface area contributed by atoms with Crippen LogP contribution in [0, 0.1) is 13.8 Å². The zero-order valence-electron chi connectivity index (χ0n) is 18.2. The molecule has 0 radical (unpaired) electrons. The van der Waals surface area contributed by atoms with Crippen molar-refractivity contribution in [1.29, 1.82) is 0 Å². The van der Waals surface area contributed by atoms with E-state index in [4.69, 9.17) is 0 Å². The molecule has 0 atom stereocenters. The maximum Gasteiger partial charge on any atom is 0.573 e. The van der Waals surface area contributed by atoms with E-state index in [-0.39, 0.29) is 4.90 Å². The van der Waals surface area contributed by atoms with E-state index in [0.717, 1.165) is 29.1 Å². The van der Waals surface area contributed by atoms with E-state index in [9.17, 15) is 21.6 Å². The second kappa shape index (κ2) is 8.86. The van der Waals surface area contributed by atoms with Crippen molar-refractivity contribution in [3.8, 4) is 22.6 Å². The summed E-state index contributed by atoms with van der Waals surface area (Å²) >= 11 is 0. The molecule has 0 spiro atoms. The fraction of sp³-hybridized carbons (Fsp3) is 0.125. The molecule has 4 aromatic rings. The molecule has 1 N–H and O–H groups in total. The van der Waals surface area contributed by atoms with Crippen molar-refractivity contribution in [2.75, 3.05) is 4.72 Å². The molecule has 4 rings (SSSR count). The molecular weight excluding hydrogens is 467 g/mol. The fourth-order valence-corrected chi connectivity index (χ4v) is 4.83. The predicted molar refractivity (Wildman–Crippen MR) is 122 cm³/mol. The molecule has 10 heteroatoms. The Morgan fingerprint density at radius 3 is 2.29 bits per heavy atom. The number of benzene rings is 3. The highest BCUT2D eigenvalue weighted by molar-refractivity contribution is 7.92. The Bertz CT molecular complexity index is 1430. The summed E-state index contributed by atoms with van der Waals surface area (Å²) in [4.78, 5) is 4.20. The highest BCUT2D eigenvalue weighted by Gasteiger charge is 2.31. The first kappa shape index (κ1) is 23.4. The van der Waals surface area contributed by atoms with Crippen LogP contribution in [0.25, 0.3) is 16.8 Å². The quantitative estimate of drug-likeness (QED) is 0.370. The third-order valence-electron chi connectivity index (χ3n) is 5.01. The Morgan fingerprint density at radius 1 is 0.971 bits per heavy atom. The molecule has 0 saturated carbocycles. The Balaban J connectivity index is 1.62. The van der Waals surface area contributed by atoms with E-state index in [1.165, 1.54) is 18.2 Å². The first-order chi connectivity index (χ1) is 16.0. The zero-order chi connectivity index (χ0) is 24.5. The van der Waals surface area contributed by atoms with Gasteiger partial charge in [-0.25, -0.2) is 13.4 Å². The van der Waals surface area contributed by atoms with Crippen LogP contribution >= 0.6 is 0 Å². The molecule has 0 aliphatic rings. The molecule has 6 nitrogen and oxygen atoms in total. The molecule has 176 valence electrons. The van der Waals surface area contributed by atoms with Gasteiger partial charge in [0.25, 0.3) is 10.0 Å². The normalized spacial score (nSPS) is 11.9. The number of imidazole rings is 1. The Labute approximate surface area is 194 Å². The van der Waals surface area contributed by atoms with Crippen LogP contribution in [0.15, 0.2) is 84.1 Å². The van der Waals surface area contributed by atoms with Crippen molar-refractivity contribution in [3.63, 3.8) is 0 Å². The molecule has 0 bridgehead atoms. The van der Waals surface area contributed by atoms with Gasteiger partial charge in [-0.15, -0.1) is 13.2 Å². The van der Waals surface area contributed by atoms with Gasteiger partial charge in [-0.2, -0.15) is 0 Å². The molecule has 1 aromatic heterocycles.